The van der Waals surface area contributed by atoms with Crippen molar-refractivity contribution < 1.29 is 28.6 Å². The summed E-state index contributed by atoms with van der Waals surface area (Å²) in [7, 11) is 0. The largest absolute Gasteiger partial charge is 0.503 e. The van der Waals surface area contributed by atoms with E-state index < -0.39 is 29.5 Å². The number of ketones is 1. The summed E-state index contributed by atoms with van der Waals surface area (Å²) in [6.45, 7) is 3.48. The Hall–Kier alpha value is -4.13. The molecule has 0 aliphatic carbocycles. The van der Waals surface area contributed by atoms with E-state index in [1.54, 1.807) is 62.4 Å². The summed E-state index contributed by atoms with van der Waals surface area (Å²) in [6, 6.07) is 17.3. The molecular formula is C25H21NO6. The fraction of sp³-hybridized carbons (Fsp3) is 0.160. The predicted molar refractivity (Wildman–Crippen MR) is 116 cm³/mol. The van der Waals surface area contributed by atoms with E-state index in [-0.39, 0.29) is 23.0 Å². The van der Waals surface area contributed by atoms with E-state index in [2.05, 4.69) is 0 Å². The number of carbonyl (C=O) groups excluding carboxylic acids is 3. The Morgan fingerprint density at radius 3 is 2.44 bits per heavy atom. The Kier molecular flexibility index (Phi) is 5.64. The highest BCUT2D eigenvalue weighted by Gasteiger charge is 2.45. The Morgan fingerprint density at radius 1 is 1.03 bits per heavy atom. The molecule has 1 amide bonds. The molecule has 3 aromatic rings. The Bertz CT molecular complexity index is 1190. The van der Waals surface area contributed by atoms with E-state index in [1.807, 2.05) is 6.07 Å². The molecule has 0 saturated carbocycles. The van der Waals surface area contributed by atoms with Crippen LogP contribution in [0.1, 0.15) is 46.4 Å². The summed E-state index contributed by atoms with van der Waals surface area (Å²) in [4.78, 5) is 40.0. The minimum Gasteiger partial charge on any atom is -0.503 e. The summed E-state index contributed by atoms with van der Waals surface area (Å²) < 4.78 is 10.5. The normalized spacial score (nSPS) is 16.0. The SMILES string of the molecule is CC(C)OC(=O)c1cccc(N2C(=O)C(O)=C(C(=O)c3ccco3)C2c2ccccc2)c1. The van der Waals surface area contributed by atoms with Crippen molar-refractivity contribution >= 4 is 23.3 Å². The zero-order chi connectivity index (χ0) is 22.8. The lowest BCUT2D eigenvalue weighted by Gasteiger charge is -2.27. The highest BCUT2D eigenvalue weighted by molar-refractivity contribution is 6.20. The number of furan rings is 1. The van der Waals surface area contributed by atoms with Gasteiger partial charge in [-0.05, 0) is 49.7 Å². The number of hydrogen-bond donors (Lipinski definition) is 1. The monoisotopic (exact) mass is 431 g/mol. The summed E-state index contributed by atoms with van der Waals surface area (Å²) in [5.74, 6) is -2.52. The molecule has 0 fully saturated rings. The lowest BCUT2D eigenvalue weighted by Crippen LogP contribution is -2.31. The summed E-state index contributed by atoms with van der Waals surface area (Å²) >= 11 is 0. The molecule has 7 heteroatoms. The molecule has 0 saturated heterocycles. The van der Waals surface area contributed by atoms with Gasteiger partial charge in [-0.25, -0.2) is 4.79 Å². The first-order valence-electron chi connectivity index (χ1n) is 10.1. The van der Waals surface area contributed by atoms with E-state index in [4.69, 9.17) is 9.15 Å². The van der Waals surface area contributed by atoms with Crippen LogP contribution >= 0.6 is 0 Å². The van der Waals surface area contributed by atoms with Crippen LogP contribution in [0, 0.1) is 0 Å². The quantitative estimate of drug-likeness (QED) is 0.452. The van der Waals surface area contributed by atoms with E-state index >= 15 is 0 Å². The Morgan fingerprint density at radius 2 is 1.78 bits per heavy atom. The molecule has 1 unspecified atom stereocenters. The van der Waals surface area contributed by atoms with Crippen LogP contribution in [0.5, 0.6) is 0 Å². The van der Waals surface area contributed by atoms with E-state index in [0.29, 0.717) is 11.3 Å². The van der Waals surface area contributed by atoms with Gasteiger partial charge in [0, 0.05) is 5.69 Å². The highest BCUT2D eigenvalue weighted by atomic mass is 16.5. The second-order valence-electron chi connectivity index (χ2n) is 7.56. The third-order valence-corrected chi connectivity index (χ3v) is 5.02. The number of aliphatic hydroxyl groups is 1. The molecule has 1 N–H and O–H groups in total. The van der Waals surface area contributed by atoms with Gasteiger partial charge in [-0.2, -0.15) is 0 Å². The summed E-state index contributed by atoms with van der Waals surface area (Å²) in [6.07, 6.45) is 1.04. The van der Waals surface area contributed by atoms with Crippen LogP contribution in [0.25, 0.3) is 0 Å². The predicted octanol–water partition coefficient (Wildman–Crippen LogP) is 4.63. The fourth-order valence-electron chi connectivity index (χ4n) is 3.66. The number of aliphatic hydroxyl groups excluding tert-OH is 1. The molecule has 1 atom stereocenters. The number of esters is 1. The van der Waals surface area contributed by atoms with Crippen LogP contribution in [0.2, 0.25) is 0 Å². The minimum absolute atomic E-state index is 0.0105. The number of anilines is 1. The van der Waals surface area contributed by atoms with Gasteiger partial charge >= 0.3 is 5.97 Å². The van der Waals surface area contributed by atoms with Crippen molar-refractivity contribution in [2.24, 2.45) is 0 Å². The van der Waals surface area contributed by atoms with Gasteiger partial charge < -0.3 is 14.3 Å². The van der Waals surface area contributed by atoms with Gasteiger partial charge in [0.25, 0.3) is 5.91 Å². The number of ether oxygens (including phenoxy) is 1. The van der Waals surface area contributed by atoms with Crippen LogP contribution in [0.3, 0.4) is 0 Å². The van der Waals surface area contributed by atoms with Crippen LogP contribution in [-0.4, -0.2) is 28.9 Å². The molecule has 2 heterocycles. The molecule has 2 aromatic carbocycles. The van der Waals surface area contributed by atoms with Gasteiger partial charge in [0.05, 0.1) is 29.5 Å². The second-order valence-corrected chi connectivity index (χ2v) is 7.56. The first-order chi connectivity index (χ1) is 15.4. The number of Topliss-reactive ketones (excluding diaryl/α,β-unsaturated/α-hetero) is 1. The van der Waals surface area contributed by atoms with Crippen molar-refractivity contribution in [2.45, 2.75) is 26.0 Å². The third-order valence-electron chi connectivity index (χ3n) is 5.02. The number of amides is 1. The fourth-order valence-corrected chi connectivity index (χ4v) is 3.66. The Labute approximate surface area is 184 Å². The van der Waals surface area contributed by atoms with E-state index in [0.717, 1.165) is 0 Å². The van der Waals surface area contributed by atoms with Gasteiger partial charge in [0.15, 0.2) is 11.5 Å². The van der Waals surface area contributed by atoms with Crippen molar-refractivity contribution in [1.82, 2.24) is 0 Å². The molecule has 32 heavy (non-hydrogen) atoms. The smallest absolute Gasteiger partial charge is 0.338 e. The van der Waals surface area contributed by atoms with Crippen molar-refractivity contribution in [2.75, 3.05) is 4.90 Å². The topological polar surface area (TPSA) is 97.0 Å². The van der Waals surface area contributed by atoms with Crippen LogP contribution in [0.15, 0.2) is 88.7 Å². The average Bonchev–Trinajstić information content (AvgIpc) is 3.41. The molecule has 0 spiro atoms. The van der Waals surface area contributed by atoms with Gasteiger partial charge in [0.1, 0.15) is 0 Å². The van der Waals surface area contributed by atoms with E-state index in [1.165, 1.54) is 23.3 Å². The molecule has 4 rings (SSSR count). The number of benzene rings is 2. The zero-order valence-electron chi connectivity index (χ0n) is 17.5. The lowest BCUT2D eigenvalue weighted by molar-refractivity contribution is -0.117. The molecule has 1 aliphatic rings. The van der Waals surface area contributed by atoms with Crippen molar-refractivity contribution in [3.8, 4) is 0 Å². The Balaban J connectivity index is 1.81. The number of hydrogen-bond acceptors (Lipinski definition) is 6. The zero-order valence-corrected chi connectivity index (χ0v) is 17.5. The second kappa shape index (κ2) is 8.55. The van der Waals surface area contributed by atoms with Crippen molar-refractivity contribution in [3.63, 3.8) is 0 Å². The van der Waals surface area contributed by atoms with Crippen molar-refractivity contribution in [3.05, 3.63) is 101 Å². The van der Waals surface area contributed by atoms with Crippen LogP contribution in [-0.2, 0) is 9.53 Å². The maximum absolute atomic E-state index is 13.2. The molecule has 0 bridgehead atoms. The standard InChI is InChI=1S/C25H21NO6/c1-15(2)32-25(30)17-10-6-11-18(14-17)26-21(16-8-4-3-5-9-16)20(23(28)24(26)29)22(27)19-12-7-13-31-19/h3-15,21,28H,1-2H3. The van der Waals surface area contributed by atoms with Gasteiger partial charge in [0.2, 0.25) is 5.78 Å². The van der Waals surface area contributed by atoms with Crippen LogP contribution < -0.4 is 4.90 Å². The molecule has 162 valence electrons. The highest BCUT2D eigenvalue weighted by Crippen LogP contribution is 2.42. The number of carbonyl (C=O) groups is 3. The lowest BCUT2D eigenvalue weighted by atomic mass is 9.95. The molecule has 1 aliphatic heterocycles. The van der Waals surface area contributed by atoms with Gasteiger partial charge in [-0.1, -0.05) is 36.4 Å². The number of nitrogens with zero attached hydrogens (tertiary/aromatic N) is 1. The first kappa shape index (κ1) is 21.1. The van der Waals surface area contributed by atoms with Gasteiger partial charge in [-0.15, -0.1) is 0 Å². The molecule has 7 nitrogen and oxygen atoms in total. The first-order valence-corrected chi connectivity index (χ1v) is 10.1. The molecule has 1 aromatic heterocycles. The maximum Gasteiger partial charge on any atom is 0.338 e. The average molecular weight is 431 g/mol. The van der Waals surface area contributed by atoms with E-state index in [9.17, 15) is 19.5 Å². The van der Waals surface area contributed by atoms with Gasteiger partial charge in [-0.3, -0.25) is 14.5 Å². The summed E-state index contributed by atoms with van der Waals surface area (Å²) in [5, 5.41) is 10.7. The molecular weight excluding hydrogens is 410 g/mol. The third kappa shape index (κ3) is 3.80. The van der Waals surface area contributed by atoms with Crippen molar-refractivity contribution in [1.29, 1.82) is 0 Å². The maximum atomic E-state index is 13.2. The van der Waals surface area contributed by atoms with Crippen LogP contribution in [0.4, 0.5) is 5.69 Å². The molecule has 0 radical (unpaired) electrons. The minimum atomic E-state index is -0.905. The summed E-state index contributed by atoms with van der Waals surface area (Å²) in [5.41, 5.74) is 1.12. The number of rotatable bonds is 6.